The molecule has 0 unspecified atom stereocenters. The first kappa shape index (κ1) is 21.1. The van der Waals surface area contributed by atoms with Gasteiger partial charge in [0, 0.05) is 18.6 Å². The van der Waals surface area contributed by atoms with Crippen LogP contribution in [0.4, 0.5) is 4.79 Å². The summed E-state index contributed by atoms with van der Waals surface area (Å²) >= 11 is 0. The number of amides is 1. The molecule has 0 aliphatic carbocycles. The van der Waals surface area contributed by atoms with E-state index < -0.39 is 17.2 Å². The van der Waals surface area contributed by atoms with Gasteiger partial charge in [0.05, 0.1) is 0 Å². The lowest BCUT2D eigenvalue weighted by Crippen LogP contribution is -2.46. The summed E-state index contributed by atoms with van der Waals surface area (Å²) in [7, 11) is 0. The lowest BCUT2D eigenvalue weighted by molar-refractivity contribution is 0.0459. The molecule has 4 heteroatoms. The normalized spacial score (nSPS) is 11.2. The van der Waals surface area contributed by atoms with Crippen LogP contribution in [0.3, 0.4) is 0 Å². The van der Waals surface area contributed by atoms with E-state index in [0.29, 0.717) is 12.3 Å². The maximum absolute atomic E-state index is 11.3. The smallest absolute Gasteiger partial charge is 0.408 e. The summed E-state index contributed by atoms with van der Waals surface area (Å²) in [6, 6.07) is 0. The van der Waals surface area contributed by atoms with E-state index in [1.165, 1.54) is 0 Å². The van der Waals surface area contributed by atoms with Crippen LogP contribution in [-0.2, 0) is 4.74 Å². The first-order chi connectivity index (χ1) is 8.93. The predicted octanol–water partition coefficient (Wildman–Crippen LogP) is 3.34. The van der Waals surface area contributed by atoms with Crippen LogP contribution >= 0.6 is 0 Å². The highest BCUT2D eigenvalue weighted by molar-refractivity contribution is 5.68. The molecule has 118 valence electrons. The van der Waals surface area contributed by atoms with Crippen LogP contribution in [0.2, 0.25) is 0 Å². The molecule has 0 aromatic carbocycles. The lowest BCUT2D eigenvalue weighted by atomic mass is 10.0. The van der Waals surface area contributed by atoms with Crippen LogP contribution in [0.5, 0.6) is 0 Å². The summed E-state index contributed by atoms with van der Waals surface area (Å²) in [5.41, 5.74) is -0.920. The fourth-order valence-electron chi connectivity index (χ4n) is 1.16. The van der Waals surface area contributed by atoms with Crippen molar-refractivity contribution in [3.63, 3.8) is 0 Å². The number of aliphatic hydroxyl groups is 1. The first-order valence-electron chi connectivity index (χ1n) is 6.99. The van der Waals surface area contributed by atoms with Gasteiger partial charge in [0.2, 0.25) is 0 Å². The van der Waals surface area contributed by atoms with Gasteiger partial charge in [0.1, 0.15) is 5.60 Å². The molecule has 20 heavy (non-hydrogen) atoms. The molecule has 0 rings (SSSR count). The third-order valence-corrected chi connectivity index (χ3v) is 2.10. The molecule has 0 saturated heterocycles. The van der Waals surface area contributed by atoms with Gasteiger partial charge in [-0.2, -0.15) is 0 Å². The highest BCUT2D eigenvalue weighted by Gasteiger charge is 2.23. The van der Waals surface area contributed by atoms with E-state index in [-0.39, 0.29) is 6.61 Å². The number of hydrogen-bond acceptors (Lipinski definition) is 3. The molecule has 0 aliphatic rings. The van der Waals surface area contributed by atoms with Crippen molar-refractivity contribution in [1.29, 1.82) is 0 Å². The van der Waals surface area contributed by atoms with Gasteiger partial charge in [-0.15, -0.1) is 12.3 Å². The summed E-state index contributed by atoms with van der Waals surface area (Å²) in [5, 5.41) is 11.4. The monoisotopic (exact) mass is 285 g/mol. The van der Waals surface area contributed by atoms with Crippen LogP contribution in [0, 0.1) is 18.3 Å². The largest absolute Gasteiger partial charge is 0.444 e. The molecule has 2 N–H and O–H groups in total. The molecule has 0 radical (unpaired) electrons. The number of rotatable bonds is 4. The van der Waals surface area contributed by atoms with E-state index in [4.69, 9.17) is 16.3 Å². The third-order valence-electron chi connectivity index (χ3n) is 2.10. The minimum absolute atomic E-state index is 0.0444. The van der Waals surface area contributed by atoms with Gasteiger partial charge in [0.25, 0.3) is 0 Å². The Kier molecular flexibility index (Phi) is 10.2. The molecular weight excluding hydrogens is 254 g/mol. The topological polar surface area (TPSA) is 58.6 Å². The van der Waals surface area contributed by atoms with Crippen molar-refractivity contribution in [2.45, 2.75) is 72.4 Å². The van der Waals surface area contributed by atoms with Crippen molar-refractivity contribution in [2.75, 3.05) is 6.61 Å². The second-order valence-electron chi connectivity index (χ2n) is 6.79. The Morgan fingerprint density at radius 3 is 2.05 bits per heavy atom. The lowest BCUT2D eigenvalue weighted by Gasteiger charge is -2.27. The van der Waals surface area contributed by atoms with Crippen molar-refractivity contribution in [3.05, 3.63) is 0 Å². The van der Waals surface area contributed by atoms with Crippen molar-refractivity contribution in [3.8, 4) is 12.3 Å². The van der Waals surface area contributed by atoms with Crippen LogP contribution in [0.1, 0.15) is 61.3 Å². The number of aliphatic hydroxyl groups excluding tert-OH is 1. The molecule has 0 heterocycles. The quantitative estimate of drug-likeness (QED) is 0.779. The Morgan fingerprint density at radius 2 is 1.80 bits per heavy atom. The summed E-state index contributed by atoms with van der Waals surface area (Å²) in [5.74, 6) is 3.23. The maximum Gasteiger partial charge on any atom is 0.408 e. The fourth-order valence-corrected chi connectivity index (χ4v) is 1.16. The first-order valence-corrected chi connectivity index (χ1v) is 6.99. The van der Waals surface area contributed by atoms with Crippen molar-refractivity contribution < 1.29 is 14.6 Å². The van der Waals surface area contributed by atoms with Gasteiger partial charge in [-0.1, -0.05) is 13.8 Å². The molecule has 0 aliphatic heterocycles. The Morgan fingerprint density at radius 1 is 1.30 bits per heavy atom. The molecule has 1 amide bonds. The molecular formula is C16H31NO3. The molecule has 0 atom stereocenters. The van der Waals surface area contributed by atoms with Gasteiger partial charge in [-0.3, -0.25) is 0 Å². The minimum atomic E-state index is -0.487. The van der Waals surface area contributed by atoms with Crippen LogP contribution in [-0.4, -0.2) is 28.9 Å². The zero-order chi connectivity index (χ0) is 16.4. The Bertz CT molecular complexity index is 309. The number of hydrogen-bond donors (Lipinski definition) is 2. The van der Waals surface area contributed by atoms with Gasteiger partial charge in [0.15, 0.2) is 0 Å². The van der Waals surface area contributed by atoms with E-state index in [1.807, 2.05) is 34.6 Å². The van der Waals surface area contributed by atoms with Gasteiger partial charge >= 0.3 is 6.09 Å². The number of nitrogens with one attached hydrogen (secondary N) is 1. The number of terminal acetylenes is 1. The average Bonchev–Trinajstić information content (AvgIpc) is 2.12. The maximum atomic E-state index is 11.3. The van der Waals surface area contributed by atoms with Crippen LogP contribution in [0.25, 0.3) is 0 Å². The van der Waals surface area contributed by atoms with E-state index in [1.54, 1.807) is 0 Å². The molecule has 0 aromatic heterocycles. The van der Waals surface area contributed by atoms with Crippen LogP contribution in [0.15, 0.2) is 0 Å². The Hall–Kier alpha value is -1.21. The third kappa shape index (κ3) is 16.8. The zero-order valence-corrected chi connectivity index (χ0v) is 14.0. The minimum Gasteiger partial charge on any atom is -0.444 e. The summed E-state index contributed by atoms with van der Waals surface area (Å²) < 4.78 is 5.09. The zero-order valence-electron chi connectivity index (χ0n) is 14.0. The van der Waals surface area contributed by atoms with E-state index in [2.05, 4.69) is 25.1 Å². The Balaban J connectivity index is 0. The van der Waals surface area contributed by atoms with Crippen molar-refractivity contribution >= 4 is 6.09 Å². The van der Waals surface area contributed by atoms with Crippen LogP contribution < -0.4 is 5.32 Å². The summed E-state index contributed by atoms with van der Waals surface area (Å²) in [4.78, 5) is 11.3. The average molecular weight is 285 g/mol. The van der Waals surface area contributed by atoms with E-state index >= 15 is 0 Å². The predicted molar refractivity (Wildman–Crippen MR) is 83.4 cm³/mol. The van der Waals surface area contributed by atoms with Gasteiger partial charge in [-0.05, 0) is 47.0 Å². The Labute approximate surface area is 124 Å². The summed E-state index contributed by atoms with van der Waals surface area (Å²) in [6.07, 6.45) is 5.94. The fraction of sp³-hybridized carbons (Fsp3) is 0.812. The number of carbonyl (C=O) groups is 1. The second-order valence-corrected chi connectivity index (χ2v) is 6.79. The highest BCUT2D eigenvalue weighted by atomic mass is 16.6. The molecule has 4 nitrogen and oxygen atoms in total. The molecule has 0 spiro atoms. The SMILES string of the molecule is C#CCC(C)C.CC(C)(CCO)NC(=O)OC(C)(C)C. The van der Waals surface area contributed by atoms with Gasteiger partial charge in [-0.25, -0.2) is 4.79 Å². The van der Waals surface area contributed by atoms with Gasteiger partial charge < -0.3 is 15.2 Å². The molecule has 0 saturated carbocycles. The second kappa shape index (κ2) is 9.66. The number of alkyl carbamates (subject to hydrolysis) is 1. The van der Waals surface area contributed by atoms with E-state index in [0.717, 1.165) is 6.42 Å². The molecule has 0 aromatic rings. The van der Waals surface area contributed by atoms with E-state index in [9.17, 15) is 4.79 Å². The number of ether oxygens (including phenoxy) is 1. The highest BCUT2D eigenvalue weighted by Crippen LogP contribution is 2.11. The summed E-state index contributed by atoms with van der Waals surface area (Å²) in [6.45, 7) is 13.4. The van der Waals surface area contributed by atoms with Crippen molar-refractivity contribution in [1.82, 2.24) is 5.32 Å². The molecule has 0 bridgehead atoms. The number of carbonyl (C=O) groups excluding carboxylic acids is 1. The molecule has 0 fully saturated rings. The standard InChI is InChI=1S/C10H21NO3.C6H10/c1-9(2,3)14-8(13)11-10(4,5)6-7-12;1-4-5-6(2)3/h12H,6-7H2,1-5H3,(H,11,13);1,6H,5H2,2-3H3. The van der Waals surface area contributed by atoms with Crippen molar-refractivity contribution in [2.24, 2.45) is 5.92 Å².